The number of alkyl halides is 3. The summed E-state index contributed by atoms with van der Waals surface area (Å²) in [6, 6.07) is 11.8. The van der Waals surface area contributed by atoms with Crippen molar-refractivity contribution in [3.63, 3.8) is 0 Å². The third-order valence-corrected chi connectivity index (χ3v) is 6.17. The smallest absolute Gasteiger partial charge is 0.490 e. The molecule has 33 heavy (non-hydrogen) atoms. The van der Waals surface area contributed by atoms with Gasteiger partial charge in [-0.1, -0.05) is 12.1 Å². The van der Waals surface area contributed by atoms with Crippen LogP contribution >= 0.6 is 0 Å². The minimum Gasteiger partial charge on any atom is -0.497 e. The molecule has 10 heteroatoms. The Kier molecular flexibility index (Phi) is 7.68. The molecule has 4 rings (SSSR count). The van der Waals surface area contributed by atoms with Crippen molar-refractivity contribution in [2.45, 2.75) is 43.9 Å². The van der Waals surface area contributed by atoms with E-state index in [1.54, 1.807) is 25.5 Å². The molecule has 2 fully saturated rings. The average molecular weight is 468 g/mol. The molecule has 0 aliphatic carbocycles. The molecule has 0 saturated carbocycles. The van der Waals surface area contributed by atoms with Crippen LogP contribution in [0.5, 0.6) is 5.75 Å². The molecule has 1 aromatic heterocycles. The van der Waals surface area contributed by atoms with E-state index in [4.69, 9.17) is 19.1 Å². The van der Waals surface area contributed by atoms with E-state index in [-0.39, 0.29) is 11.4 Å². The molecule has 0 radical (unpaired) electrons. The summed E-state index contributed by atoms with van der Waals surface area (Å²) in [5, 5.41) is 7.12. The molecule has 2 aliphatic heterocycles. The Labute approximate surface area is 189 Å². The van der Waals surface area contributed by atoms with Gasteiger partial charge in [0, 0.05) is 31.7 Å². The zero-order valence-electron chi connectivity index (χ0n) is 18.3. The number of furan rings is 1. The van der Waals surface area contributed by atoms with Crippen LogP contribution < -0.4 is 4.74 Å². The van der Waals surface area contributed by atoms with Crippen molar-refractivity contribution in [3.8, 4) is 5.75 Å². The van der Waals surface area contributed by atoms with Crippen LogP contribution in [-0.2, 0) is 11.3 Å². The van der Waals surface area contributed by atoms with E-state index in [0.29, 0.717) is 5.76 Å². The lowest BCUT2D eigenvalue weighted by atomic mass is 9.84. The fraction of sp³-hybridized carbons (Fsp3) is 0.478. The Bertz CT molecular complexity index is 921. The second kappa shape index (κ2) is 10.3. The largest absolute Gasteiger partial charge is 0.497 e. The van der Waals surface area contributed by atoms with E-state index < -0.39 is 12.1 Å². The highest BCUT2D eigenvalue weighted by Crippen LogP contribution is 2.39. The molecular weight excluding hydrogens is 441 g/mol. The highest BCUT2D eigenvalue weighted by molar-refractivity contribution is 5.92. The molecule has 0 bridgehead atoms. The van der Waals surface area contributed by atoms with Crippen molar-refractivity contribution >= 4 is 11.9 Å². The van der Waals surface area contributed by atoms with E-state index >= 15 is 0 Å². The standard InChI is InChI=1S/C21H26N2O3.C2HF3O2/c1-25-18-7-5-17(6-8-18)16-22-13-10-21(11-14-22)9-3-12-23(21)20(24)19-4-2-15-26-19;3-2(4,5)1(6)7/h2,4-8,15H,3,9-14,16H2,1H3;(H,6,7). The maximum absolute atomic E-state index is 12.8. The molecule has 1 spiro atoms. The van der Waals surface area contributed by atoms with Crippen molar-refractivity contribution < 1.29 is 37.0 Å². The van der Waals surface area contributed by atoms with E-state index in [1.807, 2.05) is 12.1 Å². The van der Waals surface area contributed by atoms with Gasteiger partial charge in [-0.25, -0.2) is 4.79 Å². The molecule has 180 valence electrons. The van der Waals surface area contributed by atoms with Crippen molar-refractivity contribution in [3.05, 3.63) is 54.0 Å². The van der Waals surface area contributed by atoms with Crippen molar-refractivity contribution in [2.24, 2.45) is 0 Å². The van der Waals surface area contributed by atoms with Gasteiger partial charge in [-0.2, -0.15) is 13.2 Å². The van der Waals surface area contributed by atoms with Crippen molar-refractivity contribution in [1.82, 2.24) is 9.80 Å². The van der Waals surface area contributed by atoms with E-state index in [2.05, 4.69) is 21.9 Å². The lowest BCUT2D eigenvalue weighted by Crippen LogP contribution is -2.53. The first-order chi connectivity index (χ1) is 15.6. The number of carboxylic acid groups (broad SMARTS) is 1. The van der Waals surface area contributed by atoms with Gasteiger partial charge in [0.2, 0.25) is 0 Å². The van der Waals surface area contributed by atoms with Crippen LogP contribution in [0.15, 0.2) is 47.1 Å². The number of nitrogens with zero attached hydrogens (tertiary/aromatic N) is 2. The lowest BCUT2D eigenvalue weighted by Gasteiger charge is -2.44. The number of carbonyl (C=O) groups is 2. The number of likely N-dealkylation sites (tertiary alicyclic amines) is 2. The molecule has 0 atom stereocenters. The summed E-state index contributed by atoms with van der Waals surface area (Å²) in [6.07, 6.45) is 0.763. The minimum atomic E-state index is -5.08. The number of methoxy groups -OCH3 is 1. The molecule has 0 unspecified atom stereocenters. The minimum absolute atomic E-state index is 0.0142. The molecule has 2 aromatic rings. The predicted octanol–water partition coefficient (Wildman–Crippen LogP) is 4.19. The molecule has 1 aromatic carbocycles. The highest BCUT2D eigenvalue weighted by atomic mass is 19.4. The van der Waals surface area contributed by atoms with Crippen LogP contribution in [0.3, 0.4) is 0 Å². The normalized spacial score (nSPS) is 18.0. The number of amides is 1. The van der Waals surface area contributed by atoms with Gasteiger partial charge >= 0.3 is 12.1 Å². The van der Waals surface area contributed by atoms with Crippen molar-refractivity contribution in [2.75, 3.05) is 26.7 Å². The number of hydrogen-bond acceptors (Lipinski definition) is 5. The van der Waals surface area contributed by atoms with Crippen LogP contribution in [-0.4, -0.2) is 65.2 Å². The maximum Gasteiger partial charge on any atom is 0.490 e. The molecule has 2 aliphatic rings. The van der Waals surface area contributed by atoms with Gasteiger partial charge in [0.05, 0.1) is 13.4 Å². The number of carbonyl (C=O) groups excluding carboxylic acids is 1. The summed E-state index contributed by atoms with van der Waals surface area (Å²) in [5.41, 5.74) is 1.32. The summed E-state index contributed by atoms with van der Waals surface area (Å²) in [7, 11) is 1.69. The highest BCUT2D eigenvalue weighted by Gasteiger charge is 2.46. The zero-order valence-corrected chi connectivity index (χ0v) is 18.3. The Balaban J connectivity index is 0.000000383. The first kappa shape index (κ1) is 24.6. The van der Waals surface area contributed by atoms with Gasteiger partial charge in [-0.3, -0.25) is 9.69 Å². The summed E-state index contributed by atoms with van der Waals surface area (Å²) < 4.78 is 42.3. The maximum atomic E-state index is 12.8. The zero-order chi connectivity index (χ0) is 24.1. The molecule has 1 N–H and O–H groups in total. The quantitative estimate of drug-likeness (QED) is 0.725. The van der Waals surface area contributed by atoms with Crippen LogP contribution in [0.25, 0.3) is 0 Å². The summed E-state index contributed by atoms with van der Waals surface area (Å²) in [4.78, 5) is 26.3. The first-order valence-corrected chi connectivity index (χ1v) is 10.7. The van der Waals surface area contributed by atoms with Gasteiger partial charge in [0.15, 0.2) is 5.76 Å². The van der Waals surface area contributed by atoms with Gasteiger partial charge in [0.1, 0.15) is 5.75 Å². The molecule has 2 saturated heterocycles. The average Bonchev–Trinajstić information content (AvgIpc) is 3.46. The number of ether oxygens (including phenoxy) is 1. The molecule has 3 heterocycles. The topological polar surface area (TPSA) is 83.2 Å². The number of carboxylic acids is 1. The van der Waals surface area contributed by atoms with Gasteiger partial charge in [-0.15, -0.1) is 0 Å². The Morgan fingerprint density at radius 2 is 1.73 bits per heavy atom. The number of aliphatic carboxylic acids is 1. The first-order valence-electron chi connectivity index (χ1n) is 10.7. The molecule has 7 nitrogen and oxygen atoms in total. The number of rotatable bonds is 4. The van der Waals surface area contributed by atoms with Crippen LogP contribution in [0.2, 0.25) is 0 Å². The second-order valence-corrected chi connectivity index (χ2v) is 8.19. The van der Waals surface area contributed by atoms with E-state index in [1.165, 1.54) is 5.56 Å². The van der Waals surface area contributed by atoms with Crippen LogP contribution in [0.4, 0.5) is 13.2 Å². The van der Waals surface area contributed by atoms with E-state index in [9.17, 15) is 18.0 Å². The van der Waals surface area contributed by atoms with Crippen LogP contribution in [0.1, 0.15) is 41.8 Å². The number of benzene rings is 1. The predicted molar refractivity (Wildman–Crippen MR) is 113 cm³/mol. The Morgan fingerprint density at radius 3 is 2.24 bits per heavy atom. The van der Waals surface area contributed by atoms with Crippen molar-refractivity contribution in [1.29, 1.82) is 0 Å². The third kappa shape index (κ3) is 6.07. The number of hydrogen-bond donors (Lipinski definition) is 1. The van der Waals surface area contributed by atoms with Crippen LogP contribution in [0, 0.1) is 0 Å². The van der Waals surface area contributed by atoms with E-state index in [0.717, 1.165) is 57.6 Å². The number of piperidine rings is 1. The number of halogens is 3. The summed E-state index contributed by atoms with van der Waals surface area (Å²) in [6.45, 7) is 3.84. The third-order valence-electron chi connectivity index (χ3n) is 6.17. The summed E-state index contributed by atoms with van der Waals surface area (Å²) >= 11 is 0. The molecule has 1 amide bonds. The lowest BCUT2D eigenvalue weighted by molar-refractivity contribution is -0.192. The monoisotopic (exact) mass is 468 g/mol. The molecular formula is C23H27F3N2O5. The fourth-order valence-electron chi connectivity index (χ4n) is 4.43. The fourth-order valence-corrected chi connectivity index (χ4v) is 4.43. The Hall–Kier alpha value is -3.01. The Morgan fingerprint density at radius 1 is 1.09 bits per heavy atom. The van der Waals surface area contributed by atoms with Gasteiger partial charge in [-0.05, 0) is 55.5 Å². The second-order valence-electron chi connectivity index (χ2n) is 8.19. The van der Waals surface area contributed by atoms with Gasteiger partial charge in [0.25, 0.3) is 5.91 Å². The summed E-state index contributed by atoms with van der Waals surface area (Å²) in [5.74, 6) is -1.35. The SMILES string of the molecule is COc1ccc(CN2CCC3(CCCN3C(=O)c3ccco3)CC2)cc1.O=C(O)C(F)(F)F. The van der Waals surface area contributed by atoms with Gasteiger partial charge < -0.3 is 19.2 Å².